The van der Waals surface area contributed by atoms with Crippen molar-refractivity contribution in [1.29, 1.82) is 0 Å². The van der Waals surface area contributed by atoms with E-state index in [2.05, 4.69) is 10.3 Å². The van der Waals surface area contributed by atoms with Gasteiger partial charge in [-0.15, -0.1) is 0 Å². The Morgan fingerprint density at radius 3 is 2.84 bits per heavy atom. The van der Waals surface area contributed by atoms with Crippen LogP contribution in [0.5, 0.6) is 11.5 Å². The lowest BCUT2D eigenvalue weighted by Crippen LogP contribution is -2.12. The third kappa shape index (κ3) is 4.60. The highest BCUT2D eigenvalue weighted by atomic mass is 16.5. The number of benzene rings is 2. The lowest BCUT2D eigenvalue weighted by molar-refractivity contribution is -0.116. The Kier molecular flexibility index (Phi) is 4.99. The first-order valence-corrected chi connectivity index (χ1v) is 7.95. The SMILES string of the molecule is O=C(CCCOc1ccc2[nH]c(=O)ccc2c1)Nc1cccc(O)c1. The lowest BCUT2D eigenvalue weighted by atomic mass is 10.2. The van der Waals surface area contributed by atoms with Crippen LogP contribution in [0.25, 0.3) is 10.9 Å². The summed E-state index contributed by atoms with van der Waals surface area (Å²) in [6, 6.07) is 15.1. The van der Waals surface area contributed by atoms with Gasteiger partial charge in [-0.2, -0.15) is 0 Å². The van der Waals surface area contributed by atoms with Crippen molar-refractivity contribution in [1.82, 2.24) is 4.98 Å². The van der Waals surface area contributed by atoms with Crippen LogP contribution in [0.4, 0.5) is 5.69 Å². The van der Waals surface area contributed by atoms with Gasteiger partial charge in [0.25, 0.3) is 0 Å². The van der Waals surface area contributed by atoms with Gasteiger partial charge in [-0.25, -0.2) is 0 Å². The van der Waals surface area contributed by atoms with Gasteiger partial charge in [-0.05, 0) is 42.8 Å². The normalized spacial score (nSPS) is 10.6. The van der Waals surface area contributed by atoms with E-state index in [-0.39, 0.29) is 17.2 Å². The maximum Gasteiger partial charge on any atom is 0.248 e. The van der Waals surface area contributed by atoms with Crippen LogP contribution in [-0.4, -0.2) is 22.6 Å². The first kappa shape index (κ1) is 16.6. The quantitative estimate of drug-likeness (QED) is 0.603. The van der Waals surface area contributed by atoms with Crippen molar-refractivity contribution in [3.05, 3.63) is 65.0 Å². The number of phenolic OH excluding ortho intramolecular Hbond substituents is 1. The Morgan fingerprint density at radius 1 is 1.12 bits per heavy atom. The van der Waals surface area contributed by atoms with Crippen molar-refractivity contribution in [3.63, 3.8) is 0 Å². The van der Waals surface area contributed by atoms with Crippen molar-refractivity contribution in [2.45, 2.75) is 12.8 Å². The second kappa shape index (κ2) is 7.53. The zero-order valence-electron chi connectivity index (χ0n) is 13.5. The molecule has 3 N–H and O–H groups in total. The van der Waals surface area contributed by atoms with Crippen molar-refractivity contribution in [2.24, 2.45) is 0 Å². The molecule has 0 unspecified atom stereocenters. The Hall–Kier alpha value is -3.28. The lowest BCUT2D eigenvalue weighted by Gasteiger charge is -2.08. The molecule has 1 aromatic heterocycles. The highest BCUT2D eigenvalue weighted by Crippen LogP contribution is 2.19. The number of aromatic amines is 1. The highest BCUT2D eigenvalue weighted by molar-refractivity contribution is 5.90. The van der Waals surface area contributed by atoms with Gasteiger partial charge < -0.3 is 20.1 Å². The molecule has 0 spiro atoms. The van der Waals surface area contributed by atoms with Crippen LogP contribution < -0.4 is 15.6 Å². The molecular weight excluding hydrogens is 320 g/mol. The number of carbonyl (C=O) groups excluding carboxylic acids is 1. The van der Waals surface area contributed by atoms with Crippen molar-refractivity contribution < 1.29 is 14.6 Å². The number of rotatable bonds is 6. The van der Waals surface area contributed by atoms with E-state index in [0.717, 1.165) is 10.9 Å². The number of phenols is 1. The summed E-state index contributed by atoms with van der Waals surface area (Å²) in [5.41, 5.74) is 1.18. The van der Waals surface area contributed by atoms with Crippen LogP contribution in [0.1, 0.15) is 12.8 Å². The molecule has 1 heterocycles. The molecule has 6 heteroatoms. The number of amides is 1. The summed E-state index contributed by atoms with van der Waals surface area (Å²) in [4.78, 5) is 25.9. The van der Waals surface area contributed by atoms with Gasteiger partial charge in [0.05, 0.1) is 6.61 Å². The summed E-state index contributed by atoms with van der Waals surface area (Å²) in [6.07, 6.45) is 0.880. The predicted octanol–water partition coefficient (Wildman–Crippen LogP) is 3.03. The maximum absolute atomic E-state index is 11.9. The van der Waals surface area contributed by atoms with Crippen LogP contribution in [0.3, 0.4) is 0 Å². The molecule has 0 fully saturated rings. The Balaban J connectivity index is 1.47. The predicted molar refractivity (Wildman–Crippen MR) is 96.0 cm³/mol. The van der Waals surface area contributed by atoms with E-state index in [0.29, 0.717) is 30.9 Å². The second-order valence-corrected chi connectivity index (χ2v) is 5.62. The van der Waals surface area contributed by atoms with Crippen molar-refractivity contribution in [3.8, 4) is 11.5 Å². The highest BCUT2D eigenvalue weighted by Gasteiger charge is 2.04. The zero-order valence-corrected chi connectivity index (χ0v) is 13.5. The first-order chi connectivity index (χ1) is 12.1. The number of ether oxygens (including phenoxy) is 1. The van der Waals surface area contributed by atoms with Gasteiger partial charge in [0.1, 0.15) is 11.5 Å². The Labute approximate surface area is 144 Å². The molecule has 128 valence electrons. The second-order valence-electron chi connectivity index (χ2n) is 5.62. The number of pyridine rings is 1. The average molecular weight is 338 g/mol. The van der Waals surface area contributed by atoms with E-state index >= 15 is 0 Å². The van der Waals surface area contributed by atoms with E-state index < -0.39 is 0 Å². The number of anilines is 1. The van der Waals surface area contributed by atoms with E-state index in [9.17, 15) is 14.7 Å². The molecule has 0 bridgehead atoms. The number of nitrogens with one attached hydrogen (secondary N) is 2. The molecular formula is C19H18N2O4. The molecule has 3 aromatic rings. The average Bonchev–Trinajstić information content (AvgIpc) is 2.59. The minimum Gasteiger partial charge on any atom is -0.508 e. The van der Waals surface area contributed by atoms with Crippen molar-refractivity contribution >= 4 is 22.5 Å². The van der Waals surface area contributed by atoms with Crippen molar-refractivity contribution in [2.75, 3.05) is 11.9 Å². The number of carbonyl (C=O) groups is 1. The fourth-order valence-corrected chi connectivity index (χ4v) is 2.45. The third-order valence-corrected chi connectivity index (χ3v) is 3.64. The minimum absolute atomic E-state index is 0.110. The van der Waals surface area contributed by atoms with Gasteiger partial charge in [0.15, 0.2) is 0 Å². The molecule has 0 aliphatic rings. The largest absolute Gasteiger partial charge is 0.508 e. The van der Waals surface area contributed by atoms with E-state index in [1.165, 1.54) is 12.1 Å². The number of aromatic hydroxyl groups is 1. The van der Waals surface area contributed by atoms with Gasteiger partial charge in [-0.3, -0.25) is 9.59 Å². The molecule has 2 aromatic carbocycles. The van der Waals surface area contributed by atoms with Gasteiger partial charge >= 0.3 is 0 Å². The van der Waals surface area contributed by atoms with E-state index in [1.807, 2.05) is 6.07 Å². The standard InChI is InChI=1S/C19H18N2O4/c22-15-4-1-3-14(12-15)20-18(23)5-2-10-25-16-7-8-17-13(11-16)6-9-19(24)21-17/h1,3-4,6-9,11-12,22H,2,5,10H2,(H,20,23)(H,21,24). The number of H-pyrrole nitrogens is 1. The van der Waals surface area contributed by atoms with Crippen LogP contribution in [0.15, 0.2) is 59.4 Å². The number of aromatic nitrogens is 1. The molecule has 25 heavy (non-hydrogen) atoms. The fourth-order valence-electron chi connectivity index (χ4n) is 2.45. The van der Waals surface area contributed by atoms with Gasteiger partial charge in [0, 0.05) is 35.1 Å². The van der Waals surface area contributed by atoms with E-state index in [4.69, 9.17) is 4.74 Å². The van der Waals surface area contributed by atoms with Crippen LogP contribution in [-0.2, 0) is 4.79 Å². The molecule has 0 saturated carbocycles. The summed E-state index contributed by atoms with van der Waals surface area (Å²) in [7, 11) is 0. The van der Waals surface area contributed by atoms with Gasteiger partial charge in [-0.1, -0.05) is 6.07 Å². The zero-order chi connectivity index (χ0) is 17.6. The molecule has 3 rings (SSSR count). The monoisotopic (exact) mass is 338 g/mol. The molecule has 0 aliphatic heterocycles. The summed E-state index contributed by atoms with van der Waals surface area (Å²) in [5, 5.41) is 13.0. The number of hydrogen-bond donors (Lipinski definition) is 3. The Morgan fingerprint density at radius 2 is 2.00 bits per heavy atom. The summed E-state index contributed by atoms with van der Waals surface area (Å²) >= 11 is 0. The first-order valence-electron chi connectivity index (χ1n) is 7.95. The molecule has 1 amide bonds. The van der Waals surface area contributed by atoms with Crippen LogP contribution >= 0.6 is 0 Å². The molecule has 0 aliphatic carbocycles. The smallest absolute Gasteiger partial charge is 0.248 e. The maximum atomic E-state index is 11.9. The fraction of sp³-hybridized carbons (Fsp3) is 0.158. The van der Waals surface area contributed by atoms with Gasteiger partial charge in [0.2, 0.25) is 11.5 Å². The number of fused-ring (bicyclic) bond motifs is 1. The summed E-state index contributed by atoms with van der Waals surface area (Å²) in [5.74, 6) is 0.664. The van der Waals surface area contributed by atoms with Crippen LogP contribution in [0.2, 0.25) is 0 Å². The minimum atomic E-state index is -0.140. The third-order valence-electron chi connectivity index (χ3n) is 3.64. The molecule has 0 saturated heterocycles. The number of hydrogen-bond acceptors (Lipinski definition) is 4. The molecule has 6 nitrogen and oxygen atoms in total. The molecule has 0 radical (unpaired) electrons. The summed E-state index contributed by atoms with van der Waals surface area (Å²) in [6.45, 7) is 0.405. The Bertz CT molecular complexity index is 949. The summed E-state index contributed by atoms with van der Waals surface area (Å²) < 4.78 is 5.65. The topological polar surface area (TPSA) is 91.4 Å². The van der Waals surface area contributed by atoms with Crippen LogP contribution in [0, 0.1) is 0 Å². The molecule has 0 atom stereocenters. The van der Waals surface area contributed by atoms with E-state index in [1.54, 1.807) is 36.4 Å².